The van der Waals surface area contributed by atoms with E-state index in [4.69, 9.17) is 16.3 Å². The molecule has 0 saturated heterocycles. The Bertz CT molecular complexity index is 607. The van der Waals surface area contributed by atoms with Crippen LogP contribution in [0.25, 0.3) is 0 Å². The van der Waals surface area contributed by atoms with E-state index in [9.17, 15) is 9.50 Å². The molecule has 1 atom stereocenters. The summed E-state index contributed by atoms with van der Waals surface area (Å²) < 4.78 is 19.0. The molecule has 100 valence electrons. The van der Waals surface area contributed by atoms with Crippen molar-refractivity contribution in [3.8, 4) is 5.75 Å². The SMILES string of the molecule is COc1cncc(C(O)c2ccnc(Cl)c2F)c1C. The van der Waals surface area contributed by atoms with Crippen molar-refractivity contribution in [3.05, 3.63) is 52.3 Å². The summed E-state index contributed by atoms with van der Waals surface area (Å²) >= 11 is 5.61. The summed E-state index contributed by atoms with van der Waals surface area (Å²) in [5.41, 5.74) is 1.20. The van der Waals surface area contributed by atoms with Crippen molar-refractivity contribution in [1.29, 1.82) is 0 Å². The fourth-order valence-corrected chi connectivity index (χ4v) is 1.98. The molecule has 0 saturated carbocycles. The number of pyridine rings is 2. The average Bonchev–Trinajstić information content (AvgIpc) is 2.41. The van der Waals surface area contributed by atoms with Crippen LogP contribution >= 0.6 is 11.6 Å². The first kappa shape index (κ1) is 13.7. The predicted molar refractivity (Wildman–Crippen MR) is 68.8 cm³/mol. The Morgan fingerprint density at radius 2 is 2.11 bits per heavy atom. The van der Waals surface area contributed by atoms with Crippen molar-refractivity contribution >= 4 is 11.6 Å². The number of methoxy groups -OCH3 is 1. The van der Waals surface area contributed by atoms with Gasteiger partial charge in [-0.25, -0.2) is 9.37 Å². The first-order valence-electron chi connectivity index (χ1n) is 5.52. The van der Waals surface area contributed by atoms with Gasteiger partial charge in [-0.15, -0.1) is 0 Å². The lowest BCUT2D eigenvalue weighted by atomic mass is 9.99. The van der Waals surface area contributed by atoms with E-state index in [0.717, 1.165) is 0 Å². The van der Waals surface area contributed by atoms with Crippen LogP contribution in [-0.2, 0) is 0 Å². The molecule has 0 amide bonds. The van der Waals surface area contributed by atoms with Crippen LogP contribution in [0.3, 0.4) is 0 Å². The predicted octanol–water partition coefficient (Wildman–Crippen LogP) is 2.67. The zero-order valence-electron chi connectivity index (χ0n) is 10.4. The van der Waals surface area contributed by atoms with Gasteiger partial charge in [0.2, 0.25) is 0 Å². The number of hydrogen-bond acceptors (Lipinski definition) is 4. The van der Waals surface area contributed by atoms with E-state index >= 15 is 0 Å². The summed E-state index contributed by atoms with van der Waals surface area (Å²) in [6.07, 6.45) is 3.16. The van der Waals surface area contributed by atoms with Gasteiger partial charge in [0.15, 0.2) is 11.0 Å². The van der Waals surface area contributed by atoms with Crippen LogP contribution in [0.1, 0.15) is 22.8 Å². The van der Waals surface area contributed by atoms with Crippen LogP contribution in [0.5, 0.6) is 5.75 Å². The summed E-state index contributed by atoms with van der Waals surface area (Å²) in [6.45, 7) is 1.76. The molecule has 4 nitrogen and oxygen atoms in total. The van der Waals surface area contributed by atoms with Crippen LogP contribution in [-0.4, -0.2) is 22.2 Å². The Morgan fingerprint density at radius 3 is 2.79 bits per heavy atom. The van der Waals surface area contributed by atoms with Gasteiger partial charge in [0.1, 0.15) is 11.9 Å². The second-order valence-corrected chi connectivity index (χ2v) is 4.32. The molecule has 0 aliphatic rings. The zero-order valence-corrected chi connectivity index (χ0v) is 11.1. The molecule has 1 unspecified atom stereocenters. The third kappa shape index (κ3) is 2.52. The highest BCUT2D eigenvalue weighted by Gasteiger charge is 2.20. The standard InChI is InChI=1S/C13H12ClFN2O2/c1-7-9(5-16-6-10(7)19-2)12(18)8-3-4-17-13(14)11(8)15/h3-6,12,18H,1-2H3. The lowest BCUT2D eigenvalue weighted by molar-refractivity contribution is 0.213. The van der Waals surface area contributed by atoms with Crippen molar-refractivity contribution in [2.45, 2.75) is 13.0 Å². The van der Waals surface area contributed by atoms with Gasteiger partial charge >= 0.3 is 0 Å². The monoisotopic (exact) mass is 282 g/mol. The van der Waals surface area contributed by atoms with Crippen LogP contribution in [0.4, 0.5) is 4.39 Å². The summed E-state index contributed by atoms with van der Waals surface area (Å²) in [4.78, 5) is 7.57. The van der Waals surface area contributed by atoms with Crippen molar-refractivity contribution in [1.82, 2.24) is 9.97 Å². The molecule has 2 aromatic rings. The first-order chi connectivity index (χ1) is 9.06. The van der Waals surface area contributed by atoms with E-state index in [0.29, 0.717) is 16.9 Å². The third-order valence-corrected chi connectivity index (χ3v) is 3.16. The first-order valence-corrected chi connectivity index (χ1v) is 5.90. The molecular formula is C13H12ClFN2O2. The minimum atomic E-state index is -1.18. The average molecular weight is 283 g/mol. The maximum Gasteiger partial charge on any atom is 0.166 e. The van der Waals surface area contributed by atoms with Crippen molar-refractivity contribution < 1.29 is 14.2 Å². The summed E-state index contributed by atoms with van der Waals surface area (Å²) in [5, 5.41) is 10.0. The van der Waals surface area contributed by atoms with Gasteiger partial charge in [-0.3, -0.25) is 4.98 Å². The molecule has 2 aromatic heterocycles. The maximum atomic E-state index is 13.8. The minimum absolute atomic E-state index is 0.0538. The molecule has 2 rings (SSSR count). The van der Waals surface area contributed by atoms with Gasteiger partial charge in [0, 0.05) is 29.1 Å². The lowest BCUT2D eigenvalue weighted by Crippen LogP contribution is -2.07. The van der Waals surface area contributed by atoms with E-state index in [2.05, 4.69) is 9.97 Å². The van der Waals surface area contributed by atoms with Gasteiger partial charge in [0.05, 0.1) is 13.3 Å². The second-order valence-electron chi connectivity index (χ2n) is 3.96. The molecule has 0 radical (unpaired) electrons. The van der Waals surface area contributed by atoms with Gasteiger partial charge in [-0.1, -0.05) is 11.6 Å². The minimum Gasteiger partial charge on any atom is -0.495 e. The number of hydrogen-bond donors (Lipinski definition) is 1. The topological polar surface area (TPSA) is 55.2 Å². The fraction of sp³-hybridized carbons (Fsp3) is 0.231. The molecule has 0 bridgehead atoms. The number of aliphatic hydroxyl groups is 1. The largest absolute Gasteiger partial charge is 0.495 e. The highest BCUT2D eigenvalue weighted by Crippen LogP contribution is 2.31. The second kappa shape index (κ2) is 5.50. The van der Waals surface area contributed by atoms with E-state index < -0.39 is 11.9 Å². The molecule has 0 aromatic carbocycles. The number of ether oxygens (including phenoxy) is 1. The Morgan fingerprint density at radius 1 is 1.37 bits per heavy atom. The maximum absolute atomic E-state index is 13.8. The molecule has 6 heteroatoms. The number of rotatable bonds is 3. The van der Waals surface area contributed by atoms with Crippen molar-refractivity contribution in [2.75, 3.05) is 7.11 Å². The van der Waals surface area contributed by atoms with E-state index in [-0.39, 0.29) is 10.7 Å². The molecule has 0 aliphatic carbocycles. The number of aliphatic hydroxyl groups excluding tert-OH is 1. The number of halogens is 2. The third-order valence-electron chi connectivity index (χ3n) is 2.89. The van der Waals surface area contributed by atoms with Gasteiger partial charge in [0.25, 0.3) is 0 Å². The van der Waals surface area contributed by atoms with Gasteiger partial charge < -0.3 is 9.84 Å². The molecule has 1 N–H and O–H groups in total. The van der Waals surface area contributed by atoms with Crippen LogP contribution in [0.2, 0.25) is 5.15 Å². The molecule has 0 aliphatic heterocycles. The van der Waals surface area contributed by atoms with Crippen LogP contribution in [0, 0.1) is 12.7 Å². The number of aromatic nitrogens is 2. The van der Waals surface area contributed by atoms with Gasteiger partial charge in [-0.2, -0.15) is 0 Å². The molecular weight excluding hydrogens is 271 g/mol. The van der Waals surface area contributed by atoms with E-state index in [1.54, 1.807) is 6.92 Å². The lowest BCUT2D eigenvalue weighted by Gasteiger charge is -2.16. The fourth-order valence-electron chi connectivity index (χ4n) is 1.81. The molecule has 19 heavy (non-hydrogen) atoms. The number of nitrogens with zero attached hydrogens (tertiary/aromatic N) is 2. The van der Waals surface area contributed by atoms with Crippen molar-refractivity contribution in [3.63, 3.8) is 0 Å². The smallest absolute Gasteiger partial charge is 0.166 e. The highest BCUT2D eigenvalue weighted by atomic mass is 35.5. The Hall–Kier alpha value is -1.72. The van der Waals surface area contributed by atoms with E-state index in [1.165, 1.54) is 31.8 Å². The zero-order chi connectivity index (χ0) is 14.0. The van der Waals surface area contributed by atoms with E-state index in [1.807, 2.05) is 0 Å². The molecule has 0 fully saturated rings. The normalized spacial score (nSPS) is 12.3. The van der Waals surface area contributed by atoms with Gasteiger partial charge in [-0.05, 0) is 13.0 Å². The van der Waals surface area contributed by atoms with Crippen LogP contribution < -0.4 is 4.74 Å². The summed E-state index contributed by atoms with van der Waals surface area (Å²) in [7, 11) is 1.50. The van der Waals surface area contributed by atoms with Crippen molar-refractivity contribution in [2.24, 2.45) is 0 Å². The Labute approximate surface area is 114 Å². The Balaban J connectivity index is 2.50. The quantitative estimate of drug-likeness (QED) is 0.880. The summed E-state index contributed by atoms with van der Waals surface area (Å²) in [6, 6.07) is 1.38. The highest BCUT2D eigenvalue weighted by molar-refractivity contribution is 6.29. The molecule has 2 heterocycles. The Kier molecular flexibility index (Phi) is 3.97. The summed E-state index contributed by atoms with van der Waals surface area (Å²) in [5.74, 6) is -0.212. The van der Waals surface area contributed by atoms with Crippen LogP contribution in [0.15, 0.2) is 24.7 Å². The molecule has 0 spiro atoms.